The monoisotopic (exact) mass is 258 g/mol. The normalized spacial score (nSPS) is 12.1. The van der Waals surface area contributed by atoms with Crippen LogP contribution in [0, 0.1) is 12.3 Å². The molecular formula is C10H11ClN2O2S. The molecule has 1 aromatic heterocycles. The molecular weight excluding hydrogens is 248 g/mol. The number of pyridine rings is 1. The SMILES string of the molecule is C#CC(C)(C)NS(=O)(=O)c1cnccc1Cl. The minimum atomic E-state index is -3.75. The molecule has 1 N–H and O–H groups in total. The molecule has 0 saturated carbocycles. The minimum Gasteiger partial charge on any atom is -0.263 e. The number of halogens is 1. The van der Waals surface area contributed by atoms with Crippen molar-refractivity contribution in [3.63, 3.8) is 0 Å². The molecule has 86 valence electrons. The van der Waals surface area contributed by atoms with Gasteiger partial charge in [-0.05, 0) is 19.9 Å². The van der Waals surface area contributed by atoms with Gasteiger partial charge in [-0.1, -0.05) is 17.5 Å². The van der Waals surface area contributed by atoms with Gasteiger partial charge in [0.05, 0.1) is 10.6 Å². The van der Waals surface area contributed by atoms with Crippen molar-refractivity contribution in [1.29, 1.82) is 0 Å². The molecule has 0 fully saturated rings. The molecule has 0 atom stereocenters. The number of terminal acetylenes is 1. The molecule has 0 aliphatic carbocycles. The van der Waals surface area contributed by atoms with Crippen molar-refractivity contribution in [1.82, 2.24) is 9.71 Å². The highest BCUT2D eigenvalue weighted by Gasteiger charge is 2.26. The van der Waals surface area contributed by atoms with Gasteiger partial charge in [-0.3, -0.25) is 4.98 Å². The van der Waals surface area contributed by atoms with Gasteiger partial charge in [0.1, 0.15) is 4.90 Å². The molecule has 0 aromatic carbocycles. The molecule has 16 heavy (non-hydrogen) atoms. The van der Waals surface area contributed by atoms with Crippen LogP contribution < -0.4 is 4.72 Å². The Hall–Kier alpha value is -1.09. The number of hydrogen-bond acceptors (Lipinski definition) is 3. The summed E-state index contributed by atoms with van der Waals surface area (Å²) in [4.78, 5) is 3.63. The van der Waals surface area contributed by atoms with Crippen molar-refractivity contribution in [2.45, 2.75) is 24.3 Å². The summed E-state index contributed by atoms with van der Waals surface area (Å²) in [5, 5.41) is 0.107. The van der Waals surface area contributed by atoms with Gasteiger partial charge in [0.25, 0.3) is 0 Å². The van der Waals surface area contributed by atoms with Crippen LogP contribution in [0.15, 0.2) is 23.4 Å². The van der Waals surface area contributed by atoms with Crippen LogP contribution in [0.1, 0.15) is 13.8 Å². The summed E-state index contributed by atoms with van der Waals surface area (Å²) in [5.74, 6) is 2.33. The van der Waals surface area contributed by atoms with Crippen molar-refractivity contribution in [3.8, 4) is 12.3 Å². The molecule has 1 heterocycles. The highest BCUT2D eigenvalue weighted by atomic mass is 35.5. The maximum Gasteiger partial charge on any atom is 0.244 e. The van der Waals surface area contributed by atoms with Crippen LogP contribution in [-0.2, 0) is 10.0 Å². The Morgan fingerprint density at radius 2 is 2.19 bits per heavy atom. The lowest BCUT2D eigenvalue weighted by Gasteiger charge is -2.19. The zero-order chi connectivity index (χ0) is 12.4. The summed E-state index contributed by atoms with van der Waals surface area (Å²) >= 11 is 5.77. The molecule has 4 nitrogen and oxygen atoms in total. The highest BCUT2D eigenvalue weighted by Crippen LogP contribution is 2.20. The average molecular weight is 259 g/mol. The predicted octanol–water partition coefficient (Wildman–Crippen LogP) is 1.43. The van der Waals surface area contributed by atoms with E-state index in [1.54, 1.807) is 13.8 Å². The van der Waals surface area contributed by atoms with E-state index in [0.717, 1.165) is 0 Å². The number of nitrogens with one attached hydrogen (secondary N) is 1. The van der Waals surface area contributed by atoms with Crippen LogP contribution in [0.3, 0.4) is 0 Å². The zero-order valence-corrected chi connectivity index (χ0v) is 10.4. The van der Waals surface area contributed by atoms with Gasteiger partial charge >= 0.3 is 0 Å². The van der Waals surface area contributed by atoms with Crippen molar-refractivity contribution in [3.05, 3.63) is 23.5 Å². The van der Waals surface area contributed by atoms with E-state index in [1.165, 1.54) is 18.5 Å². The Morgan fingerprint density at radius 1 is 1.56 bits per heavy atom. The molecule has 0 amide bonds. The summed E-state index contributed by atoms with van der Waals surface area (Å²) in [6.07, 6.45) is 7.79. The molecule has 0 unspecified atom stereocenters. The first-order valence-electron chi connectivity index (χ1n) is 4.40. The first-order valence-corrected chi connectivity index (χ1v) is 6.26. The van der Waals surface area contributed by atoms with E-state index in [0.29, 0.717) is 0 Å². The lowest BCUT2D eigenvalue weighted by Crippen LogP contribution is -2.42. The van der Waals surface area contributed by atoms with Gasteiger partial charge in [0.2, 0.25) is 10.0 Å². The van der Waals surface area contributed by atoms with E-state index in [-0.39, 0.29) is 9.92 Å². The van der Waals surface area contributed by atoms with E-state index in [1.807, 2.05) is 0 Å². The van der Waals surface area contributed by atoms with E-state index in [9.17, 15) is 8.42 Å². The van der Waals surface area contributed by atoms with Gasteiger partial charge in [0, 0.05) is 12.4 Å². The average Bonchev–Trinajstić information content (AvgIpc) is 2.16. The minimum absolute atomic E-state index is 0.0833. The van der Waals surface area contributed by atoms with Gasteiger partial charge in [0.15, 0.2) is 0 Å². The van der Waals surface area contributed by atoms with Crippen LogP contribution in [0.4, 0.5) is 0 Å². The third-order valence-corrected chi connectivity index (χ3v) is 3.90. The highest BCUT2D eigenvalue weighted by molar-refractivity contribution is 7.89. The number of aromatic nitrogens is 1. The fourth-order valence-corrected chi connectivity index (χ4v) is 2.76. The van der Waals surface area contributed by atoms with Gasteiger partial charge < -0.3 is 0 Å². The molecule has 0 aliphatic heterocycles. The summed E-state index contributed by atoms with van der Waals surface area (Å²) in [7, 11) is -3.75. The van der Waals surface area contributed by atoms with Gasteiger partial charge in [-0.15, -0.1) is 6.42 Å². The lowest BCUT2D eigenvalue weighted by atomic mass is 10.1. The quantitative estimate of drug-likeness (QED) is 0.835. The number of rotatable bonds is 3. The van der Waals surface area contributed by atoms with E-state index in [4.69, 9.17) is 18.0 Å². The van der Waals surface area contributed by atoms with Crippen molar-refractivity contribution in [2.24, 2.45) is 0 Å². The van der Waals surface area contributed by atoms with Crippen LogP contribution >= 0.6 is 11.6 Å². The molecule has 6 heteroatoms. The number of hydrogen-bond donors (Lipinski definition) is 1. The molecule has 0 bridgehead atoms. The standard InChI is InChI=1S/C10H11ClN2O2S/c1-4-10(2,3)13-16(14,15)9-7-12-6-5-8(9)11/h1,5-7,13H,2-3H3. The van der Waals surface area contributed by atoms with Crippen LogP contribution in [0.5, 0.6) is 0 Å². The Balaban J connectivity index is 3.16. The molecule has 1 aromatic rings. The summed E-state index contributed by atoms with van der Waals surface area (Å²) in [5.41, 5.74) is -0.974. The van der Waals surface area contributed by atoms with Crippen LogP contribution in [0.2, 0.25) is 5.02 Å². The predicted molar refractivity (Wildman–Crippen MR) is 62.5 cm³/mol. The third-order valence-electron chi connectivity index (χ3n) is 1.77. The molecule has 0 aliphatic rings. The second-order valence-corrected chi connectivity index (χ2v) is 5.74. The zero-order valence-electron chi connectivity index (χ0n) is 8.86. The Morgan fingerprint density at radius 3 is 2.69 bits per heavy atom. The van der Waals surface area contributed by atoms with Crippen LogP contribution in [-0.4, -0.2) is 18.9 Å². The number of nitrogens with zero attached hydrogens (tertiary/aromatic N) is 1. The molecule has 1 rings (SSSR count). The van der Waals surface area contributed by atoms with E-state index < -0.39 is 15.6 Å². The second kappa shape index (κ2) is 4.42. The van der Waals surface area contributed by atoms with Gasteiger partial charge in [-0.2, -0.15) is 4.72 Å². The fraction of sp³-hybridized carbons (Fsp3) is 0.300. The number of sulfonamides is 1. The molecule has 0 saturated heterocycles. The molecule has 0 spiro atoms. The maximum absolute atomic E-state index is 11.9. The van der Waals surface area contributed by atoms with E-state index >= 15 is 0 Å². The van der Waals surface area contributed by atoms with Gasteiger partial charge in [-0.25, -0.2) is 8.42 Å². The summed E-state index contributed by atoms with van der Waals surface area (Å²) < 4.78 is 26.1. The first-order chi connectivity index (χ1) is 7.28. The summed E-state index contributed by atoms with van der Waals surface area (Å²) in [6, 6.07) is 1.40. The smallest absolute Gasteiger partial charge is 0.244 e. The topological polar surface area (TPSA) is 59.1 Å². The maximum atomic E-state index is 11.9. The Labute approximate surface area is 100 Å². The lowest BCUT2D eigenvalue weighted by molar-refractivity contribution is 0.539. The fourth-order valence-electron chi connectivity index (χ4n) is 0.981. The largest absolute Gasteiger partial charge is 0.263 e. The van der Waals surface area contributed by atoms with Crippen molar-refractivity contribution < 1.29 is 8.42 Å². The van der Waals surface area contributed by atoms with Crippen molar-refractivity contribution >= 4 is 21.6 Å². The second-order valence-electron chi connectivity index (χ2n) is 3.68. The third kappa shape index (κ3) is 2.95. The Kier molecular flexibility index (Phi) is 3.58. The molecule has 0 radical (unpaired) electrons. The van der Waals surface area contributed by atoms with E-state index in [2.05, 4.69) is 15.6 Å². The van der Waals surface area contributed by atoms with Crippen LogP contribution in [0.25, 0.3) is 0 Å². The summed E-state index contributed by atoms with van der Waals surface area (Å²) in [6.45, 7) is 3.16. The Bertz CT molecular complexity index is 532. The first kappa shape index (κ1) is 13.0. The van der Waals surface area contributed by atoms with Crippen molar-refractivity contribution in [2.75, 3.05) is 0 Å².